The summed E-state index contributed by atoms with van der Waals surface area (Å²) >= 11 is 0. The molecule has 4 nitrogen and oxygen atoms in total. The number of hydrogen-bond donors (Lipinski definition) is 2. The molecule has 104 valence electrons. The number of hydrogen-bond acceptors (Lipinski definition) is 4. The lowest BCUT2D eigenvalue weighted by molar-refractivity contribution is 0.0596. The van der Waals surface area contributed by atoms with Crippen LogP contribution in [-0.4, -0.2) is 18.2 Å². The summed E-state index contributed by atoms with van der Waals surface area (Å²) in [5.74, 6) is -2.29. The Labute approximate surface area is 111 Å². The number of carbonyl (C=O) groups excluding carboxylic acids is 1. The third kappa shape index (κ3) is 2.56. The maximum absolute atomic E-state index is 13.7. The van der Waals surface area contributed by atoms with Gasteiger partial charge in [0.2, 0.25) is 0 Å². The number of phenols is 1. The number of benzene rings is 1. The Morgan fingerprint density at radius 2 is 2.00 bits per heavy atom. The summed E-state index contributed by atoms with van der Waals surface area (Å²) in [6, 6.07) is 2.66. The van der Waals surface area contributed by atoms with Crippen LogP contribution in [0.5, 0.6) is 5.75 Å². The van der Waals surface area contributed by atoms with Crippen LogP contribution in [0.3, 0.4) is 0 Å². The number of halogens is 1. The molecule has 1 aliphatic carbocycles. The van der Waals surface area contributed by atoms with Crippen molar-refractivity contribution < 1.29 is 19.0 Å². The standard InChI is InChI=1S/C14H18FNO3/c1-19-13(18)10-7-9(8-11(15)12(10)17)14(16)5-3-2-4-6-14/h7-8,17H,2-6,16H2,1H3. The van der Waals surface area contributed by atoms with Gasteiger partial charge >= 0.3 is 5.97 Å². The number of nitrogens with two attached hydrogens (primary N) is 1. The van der Waals surface area contributed by atoms with Crippen LogP contribution < -0.4 is 5.73 Å². The van der Waals surface area contributed by atoms with Gasteiger partial charge in [0.25, 0.3) is 0 Å². The number of rotatable bonds is 2. The first-order valence-electron chi connectivity index (χ1n) is 6.38. The monoisotopic (exact) mass is 267 g/mol. The van der Waals surface area contributed by atoms with Gasteiger partial charge in [-0.1, -0.05) is 19.3 Å². The number of phenolic OH excluding ortho intramolecular Hbond substituents is 1. The molecule has 3 N–H and O–H groups in total. The molecule has 5 heteroatoms. The van der Waals surface area contributed by atoms with E-state index < -0.39 is 23.1 Å². The lowest BCUT2D eigenvalue weighted by Gasteiger charge is -2.34. The van der Waals surface area contributed by atoms with Crippen LogP contribution in [0.1, 0.15) is 48.0 Å². The van der Waals surface area contributed by atoms with Crippen molar-refractivity contribution in [3.63, 3.8) is 0 Å². The first-order chi connectivity index (χ1) is 8.98. The molecule has 0 heterocycles. The predicted octanol–water partition coefficient (Wildman–Crippen LogP) is 2.44. The van der Waals surface area contributed by atoms with E-state index in [0.29, 0.717) is 5.56 Å². The van der Waals surface area contributed by atoms with Gasteiger partial charge in [0.1, 0.15) is 5.56 Å². The molecule has 0 spiro atoms. The molecule has 0 amide bonds. The second-order valence-corrected chi connectivity index (χ2v) is 5.06. The zero-order chi connectivity index (χ0) is 14.0. The van der Waals surface area contributed by atoms with Crippen molar-refractivity contribution in [2.75, 3.05) is 7.11 Å². The van der Waals surface area contributed by atoms with Crippen LogP contribution in [0.25, 0.3) is 0 Å². The van der Waals surface area contributed by atoms with E-state index in [2.05, 4.69) is 4.74 Å². The van der Waals surface area contributed by atoms with Crippen LogP contribution in [0.2, 0.25) is 0 Å². The number of ether oxygens (including phenoxy) is 1. The Morgan fingerprint density at radius 3 is 2.58 bits per heavy atom. The Morgan fingerprint density at radius 1 is 1.37 bits per heavy atom. The van der Waals surface area contributed by atoms with Crippen molar-refractivity contribution >= 4 is 5.97 Å². The third-order valence-corrected chi connectivity index (χ3v) is 3.79. The quantitative estimate of drug-likeness (QED) is 0.807. The van der Waals surface area contributed by atoms with Crippen LogP contribution in [0.4, 0.5) is 4.39 Å². The Bertz CT molecular complexity index is 496. The highest BCUT2D eigenvalue weighted by molar-refractivity contribution is 5.92. The molecule has 2 rings (SSSR count). The van der Waals surface area contributed by atoms with Gasteiger partial charge in [-0.05, 0) is 30.5 Å². The number of esters is 1. The van der Waals surface area contributed by atoms with E-state index in [4.69, 9.17) is 5.73 Å². The average molecular weight is 267 g/mol. The van der Waals surface area contributed by atoms with E-state index in [-0.39, 0.29) is 5.56 Å². The van der Waals surface area contributed by atoms with E-state index in [9.17, 15) is 14.3 Å². The maximum Gasteiger partial charge on any atom is 0.341 e. The summed E-state index contributed by atoms with van der Waals surface area (Å²) in [7, 11) is 1.19. The Balaban J connectivity index is 2.47. The molecule has 0 atom stereocenters. The summed E-state index contributed by atoms with van der Waals surface area (Å²) in [5.41, 5.74) is 6.05. The van der Waals surface area contributed by atoms with Crippen LogP contribution in [0.15, 0.2) is 12.1 Å². The molecule has 1 saturated carbocycles. The summed E-state index contributed by atoms with van der Waals surface area (Å²) in [6.07, 6.45) is 4.57. The van der Waals surface area contributed by atoms with Crippen molar-refractivity contribution in [3.8, 4) is 5.75 Å². The molecule has 1 aliphatic rings. The molecule has 1 aromatic carbocycles. The van der Waals surface area contributed by atoms with Gasteiger partial charge in [0.15, 0.2) is 11.6 Å². The normalized spacial score (nSPS) is 18.1. The van der Waals surface area contributed by atoms with Crippen molar-refractivity contribution in [1.29, 1.82) is 0 Å². The van der Waals surface area contributed by atoms with E-state index in [1.165, 1.54) is 19.2 Å². The van der Waals surface area contributed by atoms with Crippen LogP contribution in [0, 0.1) is 5.82 Å². The molecule has 0 saturated heterocycles. The zero-order valence-electron chi connectivity index (χ0n) is 10.9. The highest BCUT2D eigenvalue weighted by Crippen LogP contribution is 2.37. The van der Waals surface area contributed by atoms with Gasteiger partial charge in [-0.15, -0.1) is 0 Å². The molecule has 19 heavy (non-hydrogen) atoms. The first-order valence-corrected chi connectivity index (χ1v) is 6.38. The molecule has 1 fully saturated rings. The molecule has 0 aliphatic heterocycles. The van der Waals surface area contributed by atoms with E-state index >= 15 is 0 Å². The molecular weight excluding hydrogens is 249 g/mol. The molecule has 0 unspecified atom stereocenters. The van der Waals surface area contributed by atoms with Gasteiger partial charge in [0, 0.05) is 5.54 Å². The fourth-order valence-corrected chi connectivity index (χ4v) is 2.62. The molecular formula is C14H18FNO3. The summed E-state index contributed by atoms with van der Waals surface area (Å²) in [5, 5.41) is 9.59. The molecule has 0 aromatic heterocycles. The Kier molecular flexibility index (Phi) is 3.75. The number of aromatic hydroxyl groups is 1. The third-order valence-electron chi connectivity index (χ3n) is 3.79. The van der Waals surface area contributed by atoms with Gasteiger partial charge < -0.3 is 15.6 Å². The lowest BCUT2D eigenvalue weighted by atomic mass is 9.77. The summed E-state index contributed by atoms with van der Waals surface area (Å²) in [6.45, 7) is 0. The van der Waals surface area contributed by atoms with Crippen molar-refractivity contribution in [3.05, 3.63) is 29.1 Å². The van der Waals surface area contributed by atoms with Gasteiger partial charge in [-0.3, -0.25) is 0 Å². The Hall–Kier alpha value is -1.62. The van der Waals surface area contributed by atoms with Gasteiger partial charge in [-0.25, -0.2) is 9.18 Å². The fourth-order valence-electron chi connectivity index (χ4n) is 2.62. The second-order valence-electron chi connectivity index (χ2n) is 5.06. The highest BCUT2D eigenvalue weighted by atomic mass is 19.1. The minimum atomic E-state index is -0.840. The minimum absolute atomic E-state index is 0.173. The van der Waals surface area contributed by atoms with E-state index in [0.717, 1.165) is 32.1 Å². The molecule has 1 aromatic rings. The van der Waals surface area contributed by atoms with E-state index in [1.807, 2.05) is 0 Å². The smallest absolute Gasteiger partial charge is 0.341 e. The SMILES string of the molecule is COC(=O)c1cc(C2(N)CCCCC2)cc(F)c1O. The van der Waals surface area contributed by atoms with Crippen molar-refractivity contribution in [2.24, 2.45) is 5.73 Å². The van der Waals surface area contributed by atoms with Crippen LogP contribution in [-0.2, 0) is 10.3 Å². The number of carbonyl (C=O) groups is 1. The first kappa shape index (κ1) is 13.8. The number of methoxy groups -OCH3 is 1. The topological polar surface area (TPSA) is 72.5 Å². The minimum Gasteiger partial charge on any atom is -0.504 e. The molecule has 0 radical (unpaired) electrons. The lowest BCUT2D eigenvalue weighted by Crippen LogP contribution is -2.38. The zero-order valence-corrected chi connectivity index (χ0v) is 10.9. The van der Waals surface area contributed by atoms with E-state index in [1.54, 1.807) is 0 Å². The maximum atomic E-state index is 13.7. The van der Waals surface area contributed by atoms with Gasteiger partial charge in [0.05, 0.1) is 7.11 Å². The van der Waals surface area contributed by atoms with Crippen molar-refractivity contribution in [1.82, 2.24) is 0 Å². The predicted molar refractivity (Wildman–Crippen MR) is 68.4 cm³/mol. The van der Waals surface area contributed by atoms with Crippen molar-refractivity contribution in [2.45, 2.75) is 37.6 Å². The summed E-state index contributed by atoms with van der Waals surface area (Å²) < 4.78 is 18.3. The highest BCUT2D eigenvalue weighted by Gasteiger charge is 2.31. The van der Waals surface area contributed by atoms with Crippen LogP contribution >= 0.6 is 0 Å². The summed E-state index contributed by atoms with van der Waals surface area (Å²) in [4.78, 5) is 11.5. The largest absolute Gasteiger partial charge is 0.504 e. The van der Waals surface area contributed by atoms with Gasteiger partial charge in [-0.2, -0.15) is 0 Å². The average Bonchev–Trinajstić information content (AvgIpc) is 2.41. The molecule has 0 bridgehead atoms. The fraction of sp³-hybridized carbons (Fsp3) is 0.500. The second kappa shape index (κ2) is 5.17.